The van der Waals surface area contributed by atoms with Crippen LogP contribution in [0.2, 0.25) is 0 Å². The van der Waals surface area contributed by atoms with Gasteiger partial charge in [0.2, 0.25) is 35.8 Å². The largest absolute Gasteiger partial charge is 0.462 e. The molecule has 5 aliphatic rings. The number of amides is 5. The van der Waals surface area contributed by atoms with Gasteiger partial charge >= 0.3 is 0 Å². The van der Waals surface area contributed by atoms with Crippen molar-refractivity contribution >= 4 is 47.7 Å². The van der Waals surface area contributed by atoms with Gasteiger partial charge in [-0.2, -0.15) is 0 Å². The molecule has 4 aromatic rings. The van der Waals surface area contributed by atoms with Crippen molar-refractivity contribution < 1.29 is 128 Å². The highest BCUT2D eigenvalue weighted by atomic mass is 16.7. The van der Waals surface area contributed by atoms with Gasteiger partial charge in [0, 0.05) is 12.3 Å². The molecule has 5 amide bonds. The lowest BCUT2D eigenvalue weighted by Crippen LogP contribution is -2.70. The van der Waals surface area contributed by atoms with Crippen molar-refractivity contribution in [1.29, 1.82) is 0 Å². The molecule has 0 aliphatic carbocycles. The Bertz CT molecular complexity index is 3580. The highest BCUT2D eigenvalue weighted by molar-refractivity contribution is 5.97. The number of aliphatic hydroxyl groups is 13. The summed E-state index contributed by atoms with van der Waals surface area (Å²) in [6, 6.07) is 17.4. The van der Waals surface area contributed by atoms with Crippen LogP contribution < -0.4 is 58.6 Å². The van der Waals surface area contributed by atoms with E-state index in [9.17, 15) is 85.6 Å². The third-order valence-corrected chi connectivity index (χ3v) is 18.4. The number of hydrogen-bond acceptors (Lipinski definition) is 33. The first-order valence-electron chi connectivity index (χ1n) is 33.5. The summed E-state index contributed by atoms with van der Waals surface area (Å²) in [7, 11) is 0. The number of aliphatic hydroxyl groups excluding tert-OH is 13. The fourth-order valence-corrected chi connectivity index (χ4v) is 12.4. The predicted octanol–water partition coefficient (Wildman–Crippen LogP) is -9.57. The molecule has 38 heteroatoms. The molecule has 4 aromatic carbocycles. The van der Waals surface area contributed by atoms with Gasteiger partial charge in [-0.1, -0.05) is 79.7 Å². The number of benzene rings is 4. The van der Waals surface area contributed by atoms with Gasteiger partial charge in [-0.3, -0.25) is 34.0 Å². The third kappa shape index (κ3) is 19.7. The molecule has 5 heterocycles. The molecule has 105 heavy (non-hydrogen) atoms. The zero-order valence-corrected chi connectivity index (χ0v) is 56.5. The first-order chi connectivity index (χ1) is 50.3. The van der Waals surface area contributed by atoms with E-state index in [0.29, 0.717) is 22.6 Å². The standard InChI is InChI=1S/C67H90N12O26/c1-30(33-8-4-2-5-9-33)45(76-44(84)21-68)60(96)74-38(59(95)77-46(48(85)39-22-71-66(69)75-39)62(98)78-47(61(97)73-34(24-80)25-81)49(86)40-23-72-67(70)79(40)63-55(92)52(89)50(87)41(26-82)102-63)20-31-12-16-37(17-13-31)101-64-57(94)54(91)58(42(27-83)103-64)105-65-56(93)53(90)51(88)43(104-65)29-99-28-32-14-18-36(19-15-32)100-35-10-6-3-7-11-35/h2-19,24,30,34,38-43,45-58,63-65,81-83,85-94H,20-23,25-29,68H2,1H3,(H2,70,72)(H,73,97)(H,74,96)(H,76,84)(H,77,95)(H,78,98)(H3,69,71,75). The Labute approximate surface area is 599 Å². The average Bonchev–Trinajstić information content (AvgIpc) is 1.76. The third-order valence-electron chi connectivity index (χ3n) is 18.4. The molecule has 3 saturated heterocycles. The molecule has 0 radical (unpaired) electrons. The van der Waals surface area contributed by atoms with Gasteiger partial charge in [-0.25, -0.2) is 0 Å². The van der Waals surface area contributed by atoms with Crippen LogP contribution >= 0.6 is 0 Å². The van der Waals surface area contributed by atoms with Gasteiger partial charge in [0.15, 0.2) is 24.4 Å². The van der Waals surface area contributed by atoms with Crippen LogP contribution in [0, 0.1) is 0 Å². The first-order valence-corrected chi connectivity index (χ1v) is 33.5. The van der Waals surface area contributed by atoms with Crippen molar-refractivity contribution in [2.24, 2.45) is 27.2 Å². The van der Waals surface area contributed by atoms with E-state index in [1.165, 1.54) is 24.3 Å². The molecular formula is C67H90N12O26. The van der Waals surface area contributed by atoms with Gasteiger partial charge in [0.1, 0.15) is 139 Å². The Balaban J connectivity index is 0.933. The molecular weight excluding hydrogens is 1390 g/mol. The van der Waals surface area contributed by atoms with Crippen molar-refractivity contribution in [3.05, 3.63) is 126 Å². The molecule has 574 valence electrons. The lowest BCUT2D eigenvalue weighted by atomic mass is 9.92. The minimum Gasteiger partial charge on any atom is -0.462 e. The fraction of sp³-hybridized carbons (Fsp3) is 0.522. The Hall–Kier alpha value is -8.72. The summed E-state index contributed by atoms with van der Waals surface area (Å²) in [4.78, 5) is 93.3. The predicted molar refractivity (Wildman–Crippen MR) is 361 cm³/mol. The zero-order valence-electron chi connectivity index (χ0n) is 56.5. The number of rotatable bonds is 33. The second-order valence-electron chi connectivity index (χ2n) is 25.6. The highest BCUT2D eigenvalue weighted by Crippen LogP contribution is 2.33. The Morgan fingerprint density at radius 1 is 0.610 bits per heavy atom. The van der Waals surface area contributed by atoms with Crippen LogP contribution in [-0.2, 0) is 65.5 Å². The van der Waals surface area contributed by atoms with Crippen molar-refractivity contribution in [1.82, 2.24) is 36.8 Å². The molecule has 5 aliphatic heterocycles. The van der Waals surface area contributed by atoms with E-state index in [1.807, 2.05) is 18.2 Å². The maximum absolute atomic E-state index is 15.2. The lowest BCUT2D eigenvalue weighted by molar-refractivity contribution is -0.353. The van der Waals surface area contributed by atoms with Crippen LogP contribution in [0.4, 0.5) is 0 Å². The van der Waals surface area contributed by atoms with Crippen LogP contribution in [-0.4, -0.2) is 312 Å². The van der Waals surface area contributed by atoms with Crippen molar-refractivity contribution in [2.75, 3.05) is 46.1 Å². The van der Waals surface area contributed by atoms with E-state index in [0.717, 1.165) is 4.90 Å². The first kappa shape index (κ1) is 80.4. The second kappa shape index (κ2) is 37.0. The summed E-state index contributed by atoms with van der Waals surface area (Å²) in [6.07, 6.45) is -31.4. The normalized spacial score (nSPS) is 29.7. The maximum Gasteiger partial charge on any atom is 0.246 e. The minimum atomic E-state index is -2.30. The van der Waals surface area contributed by atoms with Crippen LogP contribution in [0.15, 0.2) is 119 Å². The summed E-state index contributed by atoms with van der Waals surface area (Å²) in [5, 5.41) is 158. The molecule has 3 fully saturated rings. The summed E-state index contributed by atoms with van der Waals surface area (Å²) in [6.45, 7) is -2.94. The number of nitrogens with two attached hydrogens (primary N) is 3. The van der Waals surface area contributed by atoms with E-state index in [1.54, 1.807) is 73.7 Å². The fourth-order valence-electron chi connectivity index (χ4n) is 12.4. The molecule has 0 bridgehead atoms. The van der Waals surface area contributed by atoms with Crippen molar-refractivity contribution in [3.63, 3.8) is 0 Å². The molecule has 9 rings (SSSR count). The van der Waals surface area contributed by atoms with Crippen molar-refractivity contribution in [2.45, 2.75) is 172 Å². The lowest BCUT2D eigenvalue weighted by Gasteiger charge is -2.46. The summed E-state index contributed by atoms with van der Waals surface area (Å²) < 4.78 is 40.9. The number of aldehydes is 1. The topological polar surface area (TPSA) is 608 Å². The van der Waals surface area contributed by atoms with Crippen molar-refractivity contribution in [3.8, 4) is 17.2 Å². The van der Waals surface area contributed by atoms with Crippen LogP contribution in [0.25, 0.3) is 0 Å². The van der Waals surface area contributed by atoms with Crippen LogP contribution in [0.3, 0.4) is 0 Å². The number of hydrogen-bond donors (Lipinski definition) is 22. The summed E-state index contributed by atoms with van der Waals surface area (Å²) in [5.41, 5.74) is 19.3. The van der Waals surface area contributed by atoms with E-state index in [4.69, 9.17) is 50.4 Å². The number of nitrogens with one attached hydrogen (secondary N) is 6. The number of para-hydroxylation sites is 1. The molecule has 0 spiro atoms. The molecule has 25 N–H and O–H groups in total. The van der Waals surface area contributed by atoms with Crippen LogP contribution in [0.5, 0.6) is 17.2 Å². The maximum atomic E-state index is 15.2. The number of carbonyl (C=O) groups excluding carboxylic acids is 6. The van der Waals surface area contributed by atoms with Gasteiger partial charge in [0.05, 0.1) is 64.8 Å². The molecule has 38 nitrogen and oxygen atoms in total. The number of ether oxygens (including phenoxy) is 7. The zero-order chi connectivity index (χ0) is 75.9. The minimum absolute atomic E-state index is 0.0189. The number of aliphatic imine (C=N–C) groups is 2. The monoisotopic (exact) mass is 1480 g/mol. The van der Waals surface area contributed by atoms with E-state index >= 15 is 9.59 Å². The number of carbonyl (C=O) groups is 6. The number of nitrogens with zero attached hydrogens (tertiary/aromatic N) is 3. The van der Waals surface area contributed by atoms with Crippen LogP contribution in [0.1, 0.15) is 29.5 Å². The summed E-state index contributed by atoms with van der Waals surface area (Å²) >= 11 is 0. The molecule has 25 atom stereocenters. The Morgan fingerprint density at radius 2 is 1.18 bits per heavy atom. The average molecular weight is 1480 g/mol. The second-order valence-corrected chi connectivity index (χ2v) is 25.6. The molecule has 25 unspecified atom stereocenters. The molecule has 0 aromatic heterocycles. The van der Waals surface area contributed by atoms with Gasteiger partial charge in [-0.15, -0.1) is 0 Å². The van der Waals surface area contributed by atoms with E-state index in [2.05, 4.69) is 41.9 Å². The van der Waals surface area contributed by atoms with E-state index < -0.39 is 227 Å². The number of guanidine groups is 2. The SMILES string of the molecule is CC(c1ccccc1)C(NC(=O)CN)C(=O)NC(Cc1ccc(OC2OC(CO)C(OC3OC(COCc4ccc(Oc5ccccc5)cc4)C(O)C(O)C3O)C(O)C2O)cc1)C(=O)NC(C(=O)NC(C(=O)NC(C=O)CO)C(O)C1CN=C(N)N1C1OC(CO)C(O)C(O)C1O)C(O)C1CN=C(N)N1. The van der Waals surface area contributed by atoms with Gasteiger partial charge in [-0.05, 0) is 53.1 Å². The molecule has 0 saturated carbocycles. The van der Waals surface area contributed by atoms with Gasteiger partial charge in [0.25, 0.3) is 0 Å². The quantitative estimate of drug-likeness (QED) is 0.0197. The van der Waals surface area contributed by atoms with E-state index in [-0.39, 0.29) is 43.3 Å². The highest BCUT2D eigenvalue weighted by Gasteiger charge is 2.54. The smallest absolute Gasteiger partial charge is 0.246 e. The van der Waals surface area contributed by atoms with Gasteiger partial charge < -0.3 is 158 Å². The Kier molecular flexibility index (Phi) is 28.3. The Morgan fingerprint density at radius 3 is 1.81 bits per heavy atom. The summed E-state index contributed by atoms with van der Waals surface area (Å²) in [5.74, 6) is -6.25.